The van der Waals surface area contributed by atoms with Crippen LogP contribution in [0.2, 0.25) is 0 Å². The first-order valence-corrected chi connectivity index (χ1v) is 23.3. The molecule has 0 spiro atoms. The summed E-state index contributed by atoms with van der Waals surface area (Å²) in [5.74, 6) is 0. The minimum atomic E-state index is -0.803. The van der Waals surface area contributed by atoms with Crippen molar-refractivity contribution in [2.24, 2.45) is 0 Å². The third-order valence-corrected chi connectivity index (χ3v) is 19.2. The Labute approximate surface area is 324 Å². The van der Waals surface area contributed by atoms with Crippen molar-refractivity contribution in [3.05, 3.63) is 176 Å². The molecule has 0 saturated carbocycles. The Morgan fingerprint density at radius 3 is 0.623 bits per heavy atom. The maximum atomic E-state index is 2.52. The van der Waals surface area contributed by atoms with E-state index in [0.717, 1.165) is 6.16 Å². The molecule has 0 aliphatic carbocycles. The second-order valence-corrected chi connectivity index (χ2v) is 23.4. The molecule has 0 saturated heterocycles. The summed E-state index contributed by atoms with van der Waals surface area (Å²) in [7, 11) is -2.32. The zero-order valence-corrected chi connectivity index (χ0v) is 36.7. The summed E-state index contributed by atoms with van der Waals surface area (Å²) in [5.41, 5.74) is 16.2. The molecule has 6 aromatic carbocycles. The van der Waals surface area contributed by atoms with Crippen LogP contribution in [0.15, 0.2) is 109 Å². The minimum absolute atomic E-state index is 0.373. The van der Waals surface area contributed by atoms with Gasteiger partial charge >= 0.3 is 0 Å². The molecular weight excluding hydrogens is 693 g/mol. The van der Waals surface area contributed by atoms with E-state index >= 15 is 0 Å². The normalized spacial score (nSPS) is 11.8. The first-order chi connectivity index (χ1) is 25.1. The van der Waals surface area contributed by atoms with Gasteiger partial charge in [-0.1, -0.05) is 176 Å². The lowest BCUT2D eigenvalue weighted by Gasteiger charge is -2.39. The summed E-state index contributed by atoms with van der Waals surface area (Å²) in [6.45, 7) is 27.4. The van der Waals surface area contributed by atoms with Crippen LogP contribution >= 0.6 is 23.8 Å². The van der Waals surface area contributed by atoms with Gasteiger partial charge < -0.3 is 0 Å². The molecule has 0 amide bonds. The Kier molecular flexibility index (Phi) is 12.3. The van der Waals surface area contributed by atoms with Gasteiger partial charge in [0.15, 0.2) is 0 Å². The molecule has 0 aromatic heterocycles. The highest BCUT2D eigenvalue weighted by atomic mass is 31.2. The van der Waals surface area contributed by atoms with Crippen LogP contribution in [0.4, 0.5) is 0 Å². The van der Waals surface area contributed by atoms with Gasteiger partial charge in [-0.2, -0.15) is 0 Å². The second-order valence-electron chi connectivity index (χ2n) is 15.9. The fraction of sp³-hybridized carbons (Fsp3) is 0.280. The zero-order valence-electron chi connectivity index (χ0n) is 34.0. The van der Waals surface area contributed by atoms with E-state index in [4.69, 9.17) is 0 Å². The lowest BCUT2D eigenvalue weighted by Crippen LogP contribution is -2.32. The largest absolute Gasteiger partial charge is 0.0563 e. The van der Waals surface area contributed by atoms with E-state index in [9.17, 15) is 0 Å². The fourth-order valence-electron chi connectivity index (χ4n) is 8.36. The van der Waals surface area contributed by atoms with E-state index in [1.165, 1.54) is 98.6 Å². The monoisotopic (exact) mass is 750 g/mol. The van der Waals surface area contributed by atoms with Crippen LogP contribution in [0.5, 0.6) is 0 Å². The van der Waals surface area contributed by atoms with Gasteiger partial charge in [-0.3, -0.25) is 0 Å². The van der Waals surface area contributed by atoms with Crippen molar-refractivity contribution in [1.82, 2.24) is 0 Å². The average Bonchev–Trinajstić information content (AvgIpc) is 3.01. The number of benzene rings is 6. The molecule has 0 fully saturated rings. The molecule has 0 unspecified atom stereocenters. The van der Waals surface area contributed by atoms with Crippen LogP contribution < -0.4 is 31.8 Å². The summed E-state index contributed by atoms with van der Waals surface area (Å²) in [5, 5.41) is 9.39. The Morgan fingerprint density at radius 1 is 0.264 bits per heavy atom. The average molecular weight is 751 g/mol. The van der Waals surface area contributed by atoms with Gasteiger partial charge in [0.1, 0.15) is 0 Å². The molecule has 3 heteroatoms. The number of hydrogen-bond donors (Lipinski definition) is 0. The molecule has 0 bridgehead atoms. The molecule has 0 heterocycles. The van der Waals surface area contributed by atoms with E-state index in [0.29, 0.717) is 5.40 Å². The molecule has 6 aromatic rings. The number of aryl methyl sites for hydroxylation is 12. The molecule has 0 nitrogen and oxygen atoms in total. The van der Waals surface area contributed by atoms with Crippen LogP contribution in [0, 0.1) is 83.1 Å². The van der Waals surface area contributed by atoms with E-state index < -0.39 is 23.8 Å². The maximum absolute atomic E-state index is 2.52. The highest BCUT2D eigenvalue weighted by molar-refractivity contribution is 7.91. The Hall–Kier alpha value is -3.39. The highest BCUT2D eigenvalue weighted by Crippen LogP contribution is 2.60. The van der Waals surface area contributed by atoms with Crippen LogP contribution in [0.25, 0.3) is 0 Å². The molecule has 0 aliphatic rings. The summed E-state index contributed by atoms with van der Waals surface area (Å²) in [4.78, 5) is 0. The van der Waals surface area contributed by atoms with Crippen molar-refractivity contribution >= 4 is 55.6 Å². The van der Waals surface area contributed by atoms with Gasteiger partial charge in [0.05, 0.1) is 0 Å². The van der Waals surface area contributed by atoms with Gasteiger partial charge in [-0.05, 0) is 145 Å². The predicted octanol–water partition coefficient (Wildman–Crippen LogP) is 11.4. The topological polar surface area (TPSA) is 0 Å². The summed E-state index contributed by atoms with van der Waals surface area (Å²) in [6, 6.07) is 44.3. The molecule has 53 heavy (non-hydrogen) atoms. The number of hydrogen-bond acceptors (Lipinski definition) is 0. The van der Waals surface area contributed by atoms with Crippen molar-refractivity contribution in [3.63, 3.8) is 0 Å². The molecule has 0 atom stereocenters. The molecule has 272 valence electrons. The van der Waals surface area contributed by atoms with Crippen LogP contribution in [0.1, 0.15) is 66.8 Å². The van der Waals surface area contributed by atoms with Crippen LogP contribution in [-0.4, -0.2) is 11.6 Å². The summed E-state index contributed by atoms with van der Waals surface area (Å²) < 4.78 is 0. The van der Waals surface area contributed by atoms with Crippen molar-refractivity contribution in [2.75, 3.05) is 6.16 Å². The van der Waals surface area contributed by atoms with Crippen molar-refractivity contribution in [2.45, 2.75) is 88.5 Å². The van der Waals surface area contributed by atoms with Gasteiger partial charge in [0.25, 0.3) is 0 Å². The Balaban J connectivity index is 1.75. The van der Waals surface area contributed by atoms with Gasteiger partial charge in [0.2, 0.25) is 0 Å². The quantitative estimate of drug-likeness (QED) is 0.122. The van der Waals surface area contributed by atoms with E-state index in [2.05, 4.69) is 192 Å². The predicted molar refractivity (Wildman–Crippen MR) is 243 cm³/mol. The van der Waals surface area contributed by atoms with Gasteiger partial charge in [-0.25, -0.2) is 0 Å². The minimum Gasteiger partial charge on any atom is -0.0563 e. The standard InChI is InChI=1S/C50H57P3/c1-32-13-33(2)20-44(19-32)51(45-21-34(3)14-35(4)22-45)31-50(52(46-23-36(5)15-37(6)24-46)47-25-38(7)16-39(8)26-47)53(48-27-40(9)17-41(10)28-48)49-29-42(11)18-43(12)30-49/h13-30,50H,31H2,1-12H3. The van der Waals surface area contributed by atoms with Crippen molar-refractivity contribution < 1.29 is 0 Å². The van der Waals surface area contributed by atoms with Gasteiger partial charge in [-0.15, -0.1) is 0 Å². The molecular formula is C50H57P3. The highest BCUT2D eigenvalue weighted by Gasteiger charge is 2.37. The summed E-state index contributed by atoms with van der Waals surface area (Å²) >= 11 is 0. The third-order valence-electron chi connectivity index (χ3n) is 9.92. The van der Waals surface area contributed by atoms with Crippen molar-refractivity contribution in [3.8, 4) is 0 Å². The van der Waals surface area contributed by atoms with E-state index in [1.54, 1.807) is 0 Å². The first kappa shape index (κ1) is 39.3. The molecule has 0 radical (unpaired) electrons. The lowest BCUT2D eigenvalue weighted by atomic mass is 10.2. The zero-order chi connectivity index (χ0) is 38.1. The van der Waals surface area contributed by atoms with Gasteiger partial charge in [0, 0.05) is 5.40 Å². The second kappa shape index (κ2) is 16.5. The smallest absolute Gasteiger partial charge is 0.0200 e. The Morgan fingerprint density at radius 2 is 0.434 bits per heavy atom. The van der Waals surface area contributed by atoms with Crippen molar-refractivity contribution in [1.29, 1.82) is 0 Å². The Bertz CT molecular complexity index is 1900. The molecule has 0 aliphatic heterocycles. The maximum Gasteiger partial charge on any atom is 0.0200 e. The number of rotatable bonds is 10. The van der Waals surface area contributed by atoms with Crippen LogP contribution in [0.3, 0.4) is 0 Å². The van der Waals surface area contributed by atoms with E-state index in [-0.39, 0.29) is 0 Å². The SMILES string of the molecule is Cc1cc(C)cc(P(CC(P(c2cc(C)cc(C)c2)c2cc(C)cc(C)c2)P(c2cc(C)cc(C)c2)c2cc(C)cc(C)c2)c2cc(C)cc(C)c2)c1. The van der Waals surface area contributed by atoms with Crippen LogP contribution in [-0.2, 0) is 0 Å². The lowest BCUT2D eigenvalue weighted by molar-refractivity contribution is 1.35. The molecule has 6 rings (SSSR count). The molecule has 0 N–H and O–H groups in total. The fourth-order valence-corrected chi connectivity index (χ4v) is 20.4. The third kappa shape index (κ3) is 9.65. The summed E-state index contributed by atoms with van der Waals surface area (Å²) in [6.07, 6.45) is 1.11. The van der Waals surface area contributed by atoms with E-state index in [1.807, 2.05) is 0 Å². The first-order valence-electron chi connectivity index (χ1n) is 19.0.